The van der Waals surface area contributed by atoms with Crippen LogP contribution in [0.5, 0.6) is 0 Å². The molecule has 1 unspecified atom stereocenters. The lowest BCUT2D eigenvalue weighted by Gasteiger charge is -2.24. The first-order valence-electron chi connectivity index (χ1n) is 6.59. The Morgan fingerprint density at radius 2 is 1.84 bits per heavy atom. The molecule has 1 aliphatic rings. The molecule has 0 aromatic rings. The third-order valence-electron chi connectivity index (χ3n) is 3.13. The SMILES string of the molecule is CC(C)(C)CC(CNS(=O)(=O)N1CCCC1)C(=O)O. The standard InChI is InChI=1S/C12H24N2O4S/c1-12(2,3)8-10(11(15)16)9-13-19(17,18)14-6-4-5-7-14/h10,13H,4-9H2,1-3H3,(H,15,16). The first-order valence-corrected chi connectivity index (χ1v) is 8.03. The Kier molecular flexibility index (Phi) is 5.34. The molecule has 6 nitrogen and oxygen atoms in total. The van der Waals surface area contributed by atoms with Gasteiger partial charge in [-0.2, -0.15) is 12.7 Å². The van der Waals surface area contributed by atoms with Gasteiger partial charge in [0.05, 0.1) is 5.92 Å². The van der Waals surface area contributed by atoms with E-state index in [9.17, 15) is 13.2 Å². The average molecular weight is 292 g/mol. The van der Waals surface area contributed by atoms with E-state index < -0.39 is 22.1 Å². The van der Waals surface area contributed by atoms with Crippen molar-refractivity contribution in [2.45, 2.75) is 40.0 Å². The molecule has 1 aliphatic heterocycles. The molecule has 1 saturated heterocycles. The van der Waals surface area contributed by atoms with Gasteiger partial charge in [-0.05, 0) is 24.7 Å². The van der Waals surface area contributed by atoms with Gasteiger partial charge in [0.25, 0.3) is 10.2 Å². The van der Waals surface area contributed by atoms with E-state index in [1.54, 1.807) is 0 Å². The maximum absolute atomic E-state index is 11.9. The molecule has 7 heteroatoms. The molecule has 1 fully saturated rings. The number of nitrogens with one attached hydrogen (secondary N) is 1. The van der Waals surface area contributed by atoms with Crippen molar-refractivity contribution >= 4 is 16.2 Å². The fraction of sp³-hybridized carbons (Fsp3) is 0.917. The van der Waals surface area contributed by atoms with Crippen LogP contribution in [0.3, 0.4) is 0 Å². The summed E-state index contributed by atoms with van der Waals surface area (Å²) in [7, 11) is -3.52. The highest BCUT2D eigenvalue weighted by atomic mass is 32.2. The second-order valence-electron chi connectivity index (χ2n) is 6.26. The average Bonchev–Trinajstić information content (AvgIpc) is 2.76. The van der Waals surface area contributed by atoms with E-state index in [-0.39, 0.29) is 12.0 Å². The predicted molar refractivity (Wildman–Crippen MR) is 72.9 cm³/mol. The van der Waals surface area contributed by atoms with Crippen molar-refractivity contribution in [3.05, 3.63) is 0 Å². The molecule has 1 atom stereocenters. The summed E-state index contributed by atoms with van der Waals surface area (Å²) in [6, 6.07) is 0. The van der Waals surface area contributed by atoms with Crippen molar-refractivity contribution in [3.8, 4) is 0 Å². The lowest BCUT2D eigenvalue weighted by molar-refractivity contribution is -0.142. The zero-order valence-electron chi connectivity index (χ0n) is 11.8. The van der Waals surface area contributed by atoms with Crippen molar-refractivity contribution in [2.24, 2.45) is 11.3 Å². The van der Waals surface area contributed by atoms with E-state index >= 15 is 0 Å². The Hall–Kier alpha value is -0.660. The monoisotopic (exact) mass is 292 g/mol. The molecule has 0 saturated carbocycles. The number of nitrogens with zero attached hydrogens (tertiary/aromatic N) is 1. The van der Waals surface area contributed by atoms with E-state index in [4.69, 9.17) is 5.11 Å². The molecule has 0 bridgehead atoms. The minimum atomic E-state index is -3.52. The Balaban J connectivity index is 2.58. The number of carboxylic acid groups (broad SMARTS) is 1. The van der Waals surface area contributed by atoms with Gasteiger partial charge < -0.3 is 5.11 Å². The van der Waals surface area contributed by atoms with Crippen molar-refractivity contribution in [2.75, 3.05) is 19.6 Å². The van der Waals surface area contributed by atoms with E-state index in [1.165, 1.54) is 4.31 Å². The Labute approximate surface area is 115 Å². The Morgan fingerprint density at radius 1 is 1.32 bits per heavy atom. The molecule has 112 valence electrons. The number of hydrogen-bond donors (Lipinski definition) is 2. The van der Waals surface area contributed by atoms with Gasteiger partial charge in [-0.15, -0.1) is 0 Å². The summed E-state index contributed by atoms with van der Waals surface area (Å²) in [4.78, 5) is 11.2. The van der Waals surface area contributed by atoms with Gasteiger partial charge >= 0.3 is 5.97 Å². The summed E-state index contributed by atoms with van der Waals surface area (Å²) in [5.41, 5.74) is -0.151. The topological polar surface area (TPSA) is 86.7 Å². The second-order valence-corrected chi connectivity index (χ2v) is 8.01. The predicted octanol–water partition coefficient (Wildman–Crippen LogP) is 1.05. The molecular formula is C12H24N2O4S. The third-order valence-corrected chi connectivity index (χ3v) is 4.70. The summed E-state index contributed by atoms with van der Waals surface area (Å²) >= 11 is 0. The van der Waals surface area contributed by atoms with Gasteiger partial charge in [-0.25, -0.2) is 4.72 Å². The second kappa shape index (κ2) is 6.19. The van der Waals surface area contributed by atoms with Gasteiger partial charge in [0.1, 0.15) is 0 Å². The van der Waals surface area contributed by atoms with Crippen LogP contribution in [0.4, 0.5) is 0 Å². The fourth-order valence-corrected chi connectivity index (χ4v) is 3.54. The first-order chi connectivity index (χ1) is 8.62. The van der Waals surface area contributed by atoms with Crippen LogP contribution in [-0.2, 0) is 15.0 Å². The van der Waals surface area contributed by atoms with Gasteiger partial charge in [-0.3, -0.25) is 4.79 Å². The van der Waals surface area contributed by atoms with E-state index in [0.717, 1.165) is 12.8 Å². The number of carbonyl (C=O) groups is 1. The third kappa shape index (κ3) is 5.46. The number of aliphatic carboxylic acids is 1. The van der Waals surface area contributed by atoms with Crippen LogP contribution in [-0.4, -0.2) is 43.4 Å². The van der Waals surface area contributed by atoms with E-state index in [0.29, 0.717) is 19.5 Å². The van der Waals surface area contributed by atoms with Crippen LogP contribution < -0.4 is 4.72 Å². The van der Waals surface area contributed by atoms with Crippen molar-refractivity contribution < 1.29 is 18.3 Å². The molecule has 0 aliphatic carbocycles. The minimum absolute atomic E-state index is 0.0502. The van der Waals surface area contributed by atoms with E-state index in [1.807, 2.05) is 20.8 Å². The highest BCUT2D eigenvalue weighted by Gasteiger charge is 2.29. The first kappa shape index (κ1) is 16.4. The van der Waals surface area contributed by atoms with Crippen LogP contribution in [0.1, 0.15) is 40.0 Å². The molecule has 2 N–H and O–H groups in total. The van der Waals surface area contributed by atoms with Crippen LogP contribution in [0, 0.1) is 11.3 Å². The number of carboxylic acids is 1. The maximum atomic E-state index is 11.9. The summed E-state index contributed by atoms with van der Waals surface area (Å²) in [6.45, 7) is 6.82. The van der Waals surface area contributed by atoms with Crippen molar-refractivity contribution in [3.63, 3.8) is 0 Å². The van der Waals surface area contributed by atoms with Gasteiger partial charge in [0.2, 0.25) is 0 Å². The summed E-state index contributed by atoms with van der Waals surface area (Å²) in [5, 5.41) is 9.15. The largest absolute Gasteiger partial charge is 0.481 e. The Bertz CT molecular complexity index is 408. The van der Waals surface area contributed by atoms with Crippen molar-refractivity contribution in [1.29, 1.82) is 0 Å². The lowest BCUT2D eigenvalue weighted by atomic mass is 9.85. The molecule has 1 rings (SSSR count). The molecule has 0 spiro atoms. The van der Waals surface area contributed by atoms with Crippen LogP contribution in [0.15, 0.2) is 0 Å². The molecule has 0 radical (unpaired) electrons. The van der Waals surface area contributed by atoms with Crippen LogP contribution in [0.25, 0.3) is 0 Å². The smallest absolute Gasteiger partial charge is 0.307 e. The van der Waals surface area contributed by atoms with E-state index in [2.05, 4.69) is 4.72 Å². The lowest BCUT2D eigenvalue weighted by Crippen LogP contribution is -2.42. The number of hydrogen-bond acceptors (Lipinski definition) is 3. The normalized spacial score (nSPS) is 19.5. The minimum Gasteiger partial charge on any atom is -0.481 e. The zero-order chi connectivity index (χ0) is 14.7. The number of rotatable bonds is 6. The molecule has 19 heavy (non-hydrogen) atoms. The van der Waals surface area contributed by atoms with Gasteiger partial charge in [-0.1, -0.05) is 20.8 Å². The maximum Gasteiger partial charge on any atom is 0.307 e. The quantitative estimate of drug-likeness (QED) is 0.766. The molecule has 0 amide bonds. The van der Waals surface area contributed by atoms with Crippen molar-refractivity contribution in [1.82, 2.24) is 9.03 Å². The summed E-state index contributed by atoms with van der Waals surface area (Å²) in [6.07, 6.45) is 2.17. The van der Waals surface area contributed by atoms with Gasteiger partial charge in [0.15, 0.2) is 0 Å². The van der Waals surface area contributed by atoms with Crippen LogP contribution in [0.2, 0.25) is 0 Å². The summed E-state index contributed by atoms with van der Waals surface area (Å²) in [5.74, 6) is -1.66. The fourth-order valence-electron chi connectivity index (χ4n) is 2.21. The molecular weight excluding hydrogens is 268 g/mol. The molecule has 1 heterocycles. The highest BCUT2D eigenvalue weighted by molar-refractivity contribution is 7.87. The zero-order valence-corrected chi connectivity index (χ0v) is 12.7. The highest BCUT2D eigenvalue weighted by Crippen LogP contribution is 2.24. The van der Waals surface area contributed by atoms with Gasteiger partial charge in [0, 0.05) is 19.6 Å². The Morgan fingerprint density at radius 3 is 2.26 bits per heavy atom. The van der Waals surface area contributed by atoms with Crippen LogP contribution >= 0.6 is 0 Å². The summed E-state index contributed by atoms with van der Waals surface area (Å²) < 4.78 is 27.7. The molecule has 0 aromatic heterocycles. The molecule has 0 aromatic carbocycles.